The molecule has 1 aliphatic heterocycles. The quantitative estimate of drug-likeness (QED) is 0.143. The first-order valence-electron chi connectivity index (χ1n) is 16.3. The summed E-state index contributed by atoms with van der Waals surface area (Å²) < 4.78 is 16.0. The van der Waals surface area contributed by atoms with Crippen LogP contribution in [-0.4, -0.2) is 85.4 Å². The fourth-order valence-corrected chi connectivity index (χ4v) is 5.67. The molecule has 0 spiro atoms. The molecule has 3 rings (SSSR count). The van der Waals surface area contributed by atoms with Gasteiger partial charge in [-0.25, -0.2) is 4.79 Å². The van der Waals surface area contributed by atoms with Gasteiger partial charge in [-0.3, -0.25) is 14.4 Å². The van der Waals surface area contributed by atoms with Gasteiger partial charge < -0.3 is 35.1 Å². The van der Waals surface area contributed by atoms with Gasteiger partial charge in [0.15, 0.2) is 0 Å². The summed E-state index contributed by atoms with van der Waals surface area (Å²) in [7, 11) is 2.97. The van der Waals surface area contributed by atoms with Crippen molar-refractivity contribution in [2.75, 3.05) is 27.3 Å². The second kappa shape index (κ2) is 17.5. The van der Waals surface area contributed by atoms with Gasteiger partial charge in [0.25, 0.3) is 0 Å². The minimum atomic E-state index is -1.18. The fraction of sp³-hybridized carbons (Fsp3) is 0.543. The van der Waals surface area contributed by atoms with Crippen LogP contribution in [0.3, 0.4) is 0 Å². The van der Waals surface area contributed by atoms with E-state index in [1.165, 1.54) is 12.0 Å². The summed E-state index contributed by atoms with van der Waals surface area (Å²) >= 11 is 0. The van der Waals surface area contributed by atoms with Crippen LogP contribution in [0.25, 0.3) is 10.4 Å². The zero-order valence-electron chi connectivity index (χ0n) is 29.4. The van der Waals surface area contributed by atoms with E-state index in [1.54, 1.807) is 66.0 Å². The predicted molar refractivity (Wildman–Crippen MR) is 184 cm³/mol. The maximum Gasteiger partial charge on any atom is 0.408 e. The van der Waals surface area contributed by atoms with E-state index in [0.29, 0.717) is 38.1 Å². The summed E-state index contributed by atoms with van der Waals surface area (Å²) in [5, 5.41) is 12.0. The van der Waals surface area contributed by atoms with Gasteiger partial charge in [-0.1, -0.05) is 41.5 Å². The van der Waals surface area contributed by atoms with Gasteiger partial charge >= 0.3 is 6.09 Å². The largest absolute Gasteiger partial charge is 0.497 e. The number of likely N-dealkylation sites (tertiary alicyclic amines) is 1. The number of alkyl carbamates (subject to hydrolysis) is 1. The van der Waals surface area contributed by atoms with Gasteiger partial charge in [0.05, 0.1) is 19.8 Å². The fourth-order valence-electron chi connectivity index (χ4n) is 5.67. The van der Waals surface area contributed by atoms with Crippen LogP contribution >= 0.6 is 0 Å². The SMILES string of the molecule is COc1ccc(C[C@H](NC(=O)[C@@H](NC(=O)OC(C)(C)C)[C@@H](C)OC)C(=O)N2CCC[C@@]2(C)C(=O)NCCc2cccc(CN=[N+]=[N-])c2)cc1. The molecule has 2 aromatic rings. The number of methoxy groups -OCH3 is 2. The van der Waals surface area contributed by atoms with Gasteiger partial charge in [-0.2, -0.15) is 0 Å². The molecule has 49 heavy (non-hydrogen) atoms. The molecule has 14 nitrogen and oxygen atoms in total. The number of amides is 4. The summed E-state index contributed by atoms with van der Waals surface area (Å²) in [5.74, 6) is -0.723. The number of ether oxygens (including phenoxy) is 3. The Morgan fingerprint density at radius 1 is 1.04 bits per heavy atom. The Morgan fingerprint density at radius 3 is 2.37 bits per heavy atom. The average Bonchev–Trinajstić information content (AvgIpc) is 3.47. The third-order valence-corrected chi connectivity index (χ3v) is 8.41. The Labute approximate surface area is 287 Å². The van der Waals surface area contributed by atoms with Gasteiger partial charge in [0.2, 0.25) is 17.7 Å². The highest BCUT2D eigenvalue weighted by atomic mass is 16.6. The molecule has 3 N–H and O–H groups in total. The van der Waals surface area contributed by atoms with Crippen LogP contribution in [0.5, 0.6) is 5.75 Å². The van der Waals surface area contributed by atoms with Crippen molar-refractivity contribution in [3.8, 4) is 5.75 Å². The maximum absolute atomic E-state index is 14.3. The Hall–Kier alpha value is -4.81. The van der Waals surface area contributed by atoms with Crippen molar-refractivity contribution >= 4 is 23.8 Å². The number of benzene rings is 2. The molecule has 4 amide bonds. The van der Waals surface area contributed by atoms with Crippen LogP contribution in [0.2, 0.25) is 0 Å². The topological polar surface area (TPSA) is 184 Å². The predicted octanol–water partition coefficient (Wildman–Crippen LogP) is 4.20. The molecule has 1 heterocycles. The van der Waals surface area contributed by atoms with E-state index < -0.39 is 47.2 Å². The van der Waals surface area contributed by atoms with E-state index in [-0.39, 0.29) is 18.9 Å². The minimum Gasteiger partial charge on any atom is -0.497 e. The standard InChI is InChI=1S/C35H49N7O7/c1-23(47-6)29(40-33(46)49-34(2,3)4)30(43)39-28(21-25-12-14-27(48-7)15-13-25)31(44)42-19-9-17-35(42,5)32(45)37-18-16-24-10-8-11-26(20-24)22-38-41-36/h8,10-15,20,23,28-29H,9,16-19,21-22H2,1-7H3,(H,37,45)(H,39,43)(H,40,46)/t23-,28+,29+,35+/m1/s1. The van der Waals surface area contributed by atoms with Gasteiger partial charge in [-0.15, -0.1) is 0 Å². The van der Waals surface area contributed by atoms with Gasteiger partial charge in [0.1, 0.15) is 29.0 Å². The van der Waals surface area contributed by atoms with E-state index in [4.69, 9.17) is 19.7 Å². The number of rotatable bonds is 15. The molecule has 14 heteroatoms. The number of nitrogens with zero attached hydrogens (tertiary/aromatic N) is 4. The monoisotopic (exact) mass is 679 g/mol. The van der Waals surface area contributed by atoms with Crippen LogP contribution < -0.4 is 20.7 Å². The van der Waals surface area contributed by atoms with E-state index in [9.17, 15) is 19.2 Å². The average molecular weight is 680 g/mol. The normalized spacial score (nSPS) is 17.6. The first-order valence-corrected chi connectivity index (χ1v) is 16.3. The summed E-state index contributed by atoms with van der Waals surface area (Å²) in [6.07, 6.45) is 0.144. The number of carbonyl (C=O) groups is 4. The lowest BCUT2D eigenvalue weighted by Gasteiger charge is -2.37. The molecule has 0 aromatic heterocycles. The third-order valence-electron chi connectivity index (χ3n) is 8.41. The molecule has 1 aliphatic rings. The van der Waals surface area contributed by atoms with Crippen LogP contribution in [0.15, 0.2) is 53.6 Å². The van der Waals surface area contributed by atoms with Crippen molar-refractivity contribution in [3.63, 3.8) is 0 Å². The first-order chi connectivity index (χ1) is 23.2. The zero-order valence-corrected chi connectivity index (χ0v) is 29.4. The third kappa shape index (κ3) is 11.1. The molecule has 0 saturated carbocycles. The van der Waals surface area contributed by atoms with E-state index >= 15 is 0 Å². The Bertz CT molecular complexity index is 1500. The molecule has 1 fully saturated rings. The molecule has 0 bridgehead atoms. The summed E-state index contributed by atoms with van der Waals surface area (Å²) in [4.78, 5) is 58.8. The molecule has 2 aromatic carbocycles. The van der Waals surface area contributed by atoms with Gasteiger partial charge in [0, 0.05) is 31.5 Å². The molecule has 1 saturated heterocycles. The Kier molecular flexibility index (Phi) is 13.8. The van der Waals surface area contributed by atoms with Crippen LogP contribution in [-0.2, 0) is 43.2 Å². The Morgan fingerprint density at radius 2 is 1.73 bits per heavy atom. The second-order valence-corrected chi connectivity index (χ2v) is 13.3. The van der Waals surface area contributed by atoms with Gasteiger partial charge in [-0.05, 0) is 88.2 Å². The van der Waals surface area contributed by atoms with Crippen molar-refractivity contribution in [3.05, 3.63) is 75.7 Å². The lowest BCUT2D eigenvalue weighted by molar-refractivity contribution is -0.146. The van der Waals surface area contributed by atoms with Crippen LogP contribution in [0.1, 0.15) is 64.2 Å². The number of nitrogens with one attached hydrogen (secondary N) is 3. The molecular formula is C35H49N7O7. The number of carbonyl (C=O) groups excluding carboxylic acids is 4. The smallest absolute Gasteiger partial charge is 0.408 e. The highest BCUT2D eigenvalue weighted by Gasteiger charge is 2.47. The van der Waals surface area contributed by atoms with E-state index in [2.05, 4.69) is 26.0 Å². The highest BCUT2D eigenvalue weighted by Crippen LogP contribution is 2.30. The lowest BCUT2D eigenvalue weighted by Crippen LogP contribution is -2.62. The molecule has 0 radical (unpaired) electrons. The second-order valence-electron chi connectivity index (χ2n) is 13.3. The summed E-state index contributed by atoms with van der Waals surface area (Å²) in [6, 6.07) is 12.5. The number of azide groups is 1. The first kappa shape index (κ1) is 38.6. The summed E-state index contributed by atoms with van der Waals surface area (Å²) in [6.45, 7) is 9.39. The molecule has 4 atom stereocenters. The van der Waals surface area contributed by atoms with Crippen molar-refractivity contribution in [2.24, 2.45) is 5.11 Å². The Balaban J connectivity index is 1.81. The maximum atomic E-state index is 14.3. The highest BCUT2D eigenvalue weighted by molar-refractivity contribution is 5.96. The summed E-state index contributed by atoms with van der Waals surface area (Å²) in [5.41, 5.74) is 9.25. The lowest BCUT2D eigenvalue weighted by atomic mass is 9.95. The number of hydrogen-bond donors (Lipinski definition) is 3. The van der Waals surface area contributed by atoms with Crippen molar-refractivity contribution < 1.29 is 33.4 Å². The van der Waals surface area contributed by atoms with E-state index in [0.717, 1.165) is 16.7 Å². The minimum absolute atomic E-state index is 0.121. The van der Waals surface area contributed by atoms with Crippen LogP contribution in [0, 0.1) is 0 Å². The van der Waals surface area contributed by atoms with Crippen molar-refractivity contribution in [1.29, 1.82) is 0 Å². The molecule has 0 aliphatic carbocycles. The molecular weight excluding hydrogens is 630 g/mol. The van der Waals surface area contributed by atoms with Crippen molar-refractivity contribution in [1.82, 2.24) is 20.9 Å². The molecule has 266 valence electrons. The van der Waals surface area contributed by atoms with E-state index in [1.807, 2.05) is 24.3 Å². The zero-order chi connectivity index (χ0) is 36.2. The van der Waals surface area contributed by atoms with Crippen LogP contribution in [0.4, 0.5) is 4.79 Å². The molecule has 0 unspecified atom stereocenters. The number of hydrogen-bond acceptors (Lipinski definition) is 8. The van der Waals surface area contributed by atoms with Crippen molar-refractivity contribution in [2.45, 2.75) is 96.2 Å².